The fraction of sp³-hybridized carbons (Fsp3) is 0.308. The Morgan fingerprint density at radius 1 is 1.50 bits per heavy atom. The molecule has 0 fully saturated rings. The lowest BCUT2D eigenvalue weighted by Crippen LogP contribution is -2.20. The van der Waals surface area contributed by atoms with E-state index in [9.17, 15) is 4.39 Å². The first kappa shape index (κ1) is 14.1. The van der Waals surface area contributed by atoms with Crippen molar-refractivity contribution in [3.05, 3.63) is 41.7 Å². The van der Waals surface area contributed by atoms with Gasteiger partial charge in [-0.3, -0.25) is 0 Å². The summed E-state index contributed by atoms with van der Waals surface area (Å²) in [5, 5.41) is 15.8. The van der Waals surface area contributed by atoms with Crippen LogP contribution < -0.4 is 5.32 Å². The van der Waals surface area contributed by atoms with Gasteiger partial charge in [0.15, 0.2) is 0 Å². The molecule has 0 aliphatic heterocycles. The van der Waals surface area contributed by atoms with Gasteiger partial charge in [-0.05, 0) is 11.6 Å². The second-order valence-corrected chi connectivity index (χ2v) is 4.04. The zero-order valence-corrected chi connectivity index (χ0v) is 11.0. The van der Waals surface area contributed by atoms with Crippen molar-refractivity contribution >= 4 is 0 Å². The Kier molecular flexibility index (Phi) is 4.76. The lowest BCUT2D eigenvalue weighted by Gasteiger charge is -2.11. The first-order chi connectivity index (χ1) is 9.76. The summed E-state index contributed by atoms with van der Waals surface area (Å²) in [4.78, 5) is 3.79. The number of aromatic nitrogens is 3. The summed E-state index contributed by atoms with van der Waals surface area (Å²) < 4.78 is 20.2. The van der Waals surface area contributed by atoms with E-state index in [0.29, 0.717) is 25.4 Å². The third kappa shape index (κ3) is 3.17. The molecule has 0 saturated carbocycles. The van der Waals surface area contributed by atoms with Crippen LogP contribution in [0.15, 0.2) is 24.5 Å². The van der Waals surface area contributed by atoms with Crippen molar-refractivity contribution in [1.29, 1.82) is 5.26 Å². The molecular weight excluding hydrogens is 261 g/mol. The third-order valence-corrected chi connectivity index (χ3v) is 2.69. The number of hydrogen-bond donors (Lipinski definition) is 1. The number of ether oxygens (including phenoxy) is 1. The molecule has 2 rings (SSSR count). The van der Waals surface area contributed by atoms with E-state index in [1.807, 2.05) is 6.07 Å². The first-order valence-corrected chi connectivity index (χ1v) is 6.05. The number of benzene rings is 1. The van der Waals surface area contributed by atoms with Crippen molar-refractivity contribution in [2.45, 2.75) is 6.54 Å². The molecule has 0 aliphatic rings. The molecule has 20 heavy (non-hydrogen) atoms. The molecule has 1 aromatic carbocycles. The molecule has 0 bridgehead atoms. The molecule has 1 N–H and O–H groups in total. The van der Waals surface area contributed by atoms with E-state index in [-0.39, 0.29) is 5.82 Å². The second-order valence-electron chi connectivity index (χ2n) is 4.04. The minimum absolute atomic E-state index is 0.00606. The van der Waals surface area contributed by atoms with E-state index in [4.69, 9.17) is 10.00 Å². The van der Waals surface area contributed by atoms with Gasteiger partial charge in [0, 0.05) is 20.2 Å². The minimum Gasteiger partial charge on any atom is -0.383 e. The second kappa shape index (κ2) is 6.75. The van der Waals surface area contributed by atoms with Crippen LogP contribution in [-0.2, 0) is 11.3 Å². The SMILES string of the molecule is COCCNCc1cccc(F)c1-n1cnc(C#N)n1. The maximum atomic E-state index is 14.0. The van der Waals surface area contributed by atoms with E-state index >= 15 is 0 Å². The Hall–Kier alpha value is -2.30. The molecule has 104 valence electrons. The van der Waals surface area contributed by atoms with E-state index in [0.717, 1.165) is 5.56 Å². The highest BCUT2D eigenvalue weighted by Crippen LogP contribution is 2.17. The van der Waals surface area contributed by atoms with E-state index in [1.54, 1.807) is 19.2 Å². The predicted molar refractivity (Wildman–Crippen MR) is 69.6 cm³/mol. The van der Waals surface area contributed by atoms with Gasteiger partial charge in [-0.25, -0.2) is 14.1 Å². The Morgan fingerprint density at radius 3 is 3.05 bits per heavy atom. The first-order valence-electron chi connectivity index (χ1n) is 6.05. The van der Waals surface area contributed by atoms with Gasteiger partial charge >= 0.3 is 0 Å². The fourth-order valence-electron chi connectivity index (χ4n) is 1.78. The van der Waals surface area contributed by atoms with Crippen LogP contribution in [0.3, 0.4) is 0 Å². The van der Waals surface area contributed by atoms with E-state index in [1.165, 1.54) is 17.1 Å². The van der Waals surface area contributed by atoms with Gasteiger partial charge in [0.2, 0.25) is 0 Å². The lowest BCUT2D eigenvalue weighted by molar-refractivity contribution is 0.199. The molecule has 0 aliphatic carbocycles. The summed E-state index contributed by atoms with van der Waals surface area (Å²) in [6, 6.07) is 6.60. The maximum absolute atomic E-state index is 14.0. The van der Waals surface area contributed by atoms with Crippen LogP contribution in [0.5, 0.6) is 0 Å². The standard InChI is InChI=1S/C13H14FN5O/c1-20-6-5-16-8-10-3-2-4-11(14)13(10)19-9-17-12(7-15)18-19/h2-4,9,16H,5-6,8H2,1H3. The molecule has 1 heterocycles. The highest BCUT2D eigenvalue weighted by atomic mass is 19.1. The topological polar surface area (TPSA) is 75.8 Å². The molecule has 6 nitrogen and oxygen atoms in total. The highest BCUT2D eigenvalue weighted by molar-refractivity contribution is 5.41. The Balaban J connectivity index is 2.24. The molecule has 0 saturated heterocycles. The molecule has 0 atom stereocenters. The summed E-state index contributed by atoms with van der Waals surface area (Å²) in [6.45, 7) is 1.71. The van der Waals surface area contributed by atoms with E-state index in [2.05, 4.69) is 15.4 Å². The van der Waals surface area contributed by atoms with Crippen molar-refractivity contribution in [2.24, 2.45) is 0 Å². The zero-order chi connectivity index (χ0) is 14.4. The van der Waals surface area contributed by atoms with Crippen LogP contribution in [0.1, 0.15) is 11.4 Å². The van der Waals surface area contributed by atoms with Crippen LogP contribution in [0.25, 0.3) is 5.69 Å². The van der Waals surface area contributed by atoms with Crippen molar-refractivity contribution in [3.8, 4) is 11.8 Å². The van der Waals surface area contributed by atoms with Crippen molar-refractivity contribution in [1.82, 2.24) is 20.1 Å². The highest BCUT2D eigenvalue weighted by Gasteiger charge is 2.12. The predicted octanol–water partition coefficient (Wildman–Crippen LogP) is 1.01. The van der Waals surface area contributed by atoms with Crippen molar-refractivity contribution in [2.75, 3.05) is 20.3 Å². The maximum Gasteiger partial charge on any atom is 0.252 e. The van der Waals surface area contributed by atoms with Crippen molar-refractivity contribution in [3.63, 3.8) is 0 Å². The zero-order valence-electron chi connectivity index (χ0n) is 11.0. The molecule has 7 heteroatoms. The fourth-order valence-corrected chi connectivity index (χ4v) is 1.78. The Labute approximate surface area is 115 Å². The summed E-state index contributed by atoms with van der Waals surface area (Å²) >= 11 is 0. The quantitative estimate of drug-likeness (QED) is 0.796. The average Bonchev–Trinajstić information content (AvgIpc) is 2.92. The smallest absolute Gasteiger partial charge is 0.252 e. The molecule has 2 aromatic rings. The molecule has 0 amide bonds. The van der Waals surface area contributed by atoms with Gasteiger partial charge in [0.1, 0.15) is 23.9 Å². The lowest BCUT2D eigenvalue weighted by atomic mass is 10.1. The number of halogens is 1. The minimum atomic E-state index is -0.412. The number of rotatable bonds is 6. The van der Waals surface area contributed by atoms with Gasteiger partial charge < -0.3 is 10.1 Å². The molecule has 0 spiro atoms. The number of nitrogens with zero attached hydrogens (tertiary/aromatic N) is 4. The number of nitrogens with one attached hydrogen (secondary N) is 1. The van der Waals surface area contributed by atoms with Crippen LogP contribution in [0.2, 0.25) is 0 Å². The molecule has 1 aromatic heterocycles. The van der Waals surface area contributed by atoms with Gasteiger partial charge in [-0.2, -0.15) is 5.26 Å². The van der Waals surface area contributed by atoms with Gasteiger partial charge in [-0.1, -0.05) is 12.1 Å². The van der Waals surface area contributed by atoms with Gasteiger partial charge in [-0.15, -0.1) is 5.10 Å². The number of hydrogen-bond acceptors (Lipinski definition) is 5. The van der Waals surface area contributed by atoms with Gasteiger partial charge in [0.05, 0.1) is 6.61 Å². The largest absolute Gasteiger partial charge is 0.383 e. The molecular formula is C13H14FN5O. The number of methoxy groups -OCH3 is 1. The summed E-state index contributed by atoms with van der Waals surface area (Å²) in [6.07, 6.45) is 1.33. The number of para-hydroxylation sites is 1. The Morgan fingerprint density at radius 2 is 2.35 bits per heavy atom. The third-order valence-electron chi connectivity index (χ3n) is 2.69. The normalized spacial score (nSPS) is 10.4. The average molecular weight is 275 g/mol. The van der Waals surface area contributed by atoms with Crippen LogP contribution in [0, 0.1) is 17.1 Å². The van der Waals surface area contributed by atoms with E-state index < -0.39 is 5.82 Å². The summed E-state index contributed by atoms with van der Waals surface area (Å²) in [7, 11) is 1.62. The summed E-state index contributed by atoms with van der Waals surface area (Å²) in [5.74, 6) is -0.406. The van der Waals surface area contributed by atoms with Crippen LogP contribution >= 0.6 is 0 Å². The monoisotopic (exact) mass is 275 g/mol. The molecule has 0 radical (unpaired) electrons. The Bertz CT molecular complexity index is 619. The molecule has 0 unspecified atom stereocenters. The van der Waals surface area contributed by atoms with Crippen LogP contribution in [-0.4, -0.2) is 35.0 Å². The summed E-state index contributed by atoms with van der Waals surface area (Å²) in [5.41, 5.74) is 1.03. The van der Waals surface area contributed by atoms with Crippen LogP contribution in [0.4, 0.5) is 4.39 Å². The van der Waals surface area contributed by atoms with Gasteiger partial charge in [0.25, 0.3) is 5.82 Å². The van der Waals surface area contributed by atoms with Crippen molar-refractivity contribution < 1.29 is 9.13 Å². The number of nitriles is 1.